The molecule has 3 atom stereocenters. The summed E-state index contributed by atoms with van der Waals surface area (Å²) in [7, 11) is 1.50. The van der Waals surface area contributed by atoms with E-state index in [1.54, 1.807) is 28.9 Å². The van der Waals surface area contributed by atoms with Gasteiger partial charge >= 0.3 is 0 Å². The Balaban J connectivity index is 1.36. The van der Waals surface area contributed by atoms with Crippen molar-refractivity contribution >= 4 is 35.0 Å². The summed E-state index contributed by atoms with van der Waals surface area (Å²) in [5.74, 6) is -0.313. The fraction of sp³-hybridized carbons (Fsp3) is 0.543. The summed E-state index contributed by atoms with van der Waals surface area (Å²) in [5.41, 5.74) is 2.08. The van der Waals surface area contributed by atoms with Crippen LogP contribution >= 0.6 is 0 Å². The number of nitrogens with one attached hydrogen (secondary N) is 3. The highest BCUT2D eigenvalue weighted by Crippen LogP contribution is 2.42. The molecule has 11 nitrogen and oxygen atoms in total. The van der Waals surface area contributed by atoms with Crippen molar-refractivity contribution in [1.82, 2.24) is 16.0 Å². The predicted octanol–water partition coefficient (Wildman–Crippen LogP) is 3.08. The molecule has 4 N–H and O–H groups in total. The molecule has 11 heteroatoms. The first-order valence-electron chi connectivity index (χ1n) is 16.6. The number of hydrogen-bond acceptors (Lipinski definition) is 7. The molecule has 3 aliphatic rings. The van der Waals surface area contributed by atoms with Gasteiger partial charge in [0.2, 0.25) is 17.7 Å². The average Bonchev–Trinajstić information content (AvgIpc) is 3.70. The average molecular weight is 634 g/mol. The predicted molar refractivity (Wildman–Crippen MR) is 176 cm³/mol. The number of aliphatic hydroxyl groups is 1. The number of carbonyl (C=O) groups is 4. The summed E-state index contributed by atoms with van der Waals surface area (Å²) in [6.45, 7) is 2.83. The van der Waals surface area contributed by atoms with Gasteiger partial charge in [0, 0.05) is 44.1 Å². The molecule has 0 bridgehead atoms. The van der Waals surface area contributed by atoms with Crippen molar-refractivity contribution < 1.29 is 29.0 Å². The van der Waals surface area contributed by atoms with E-state index in [1.165, 1.54) is 13.5 Å². The number of hydrogen-bond donors (Lipinski definition) is 4. The Bertz CT molecular complexity index is 1350. The standard InChI is InChI=1S/C35H47N5O6/c1-23(34(44)37-26-13-7-4-8-14-26)36-22-30(41)27(19-24-11-5-3-6-12-24)38-35(45)25-20-28(39-17-9-15-31(39)42)33(46-2)29(21-25)40-18-10-16-32(40)43/h3,5-6,11-12,20-21,23,26-27,30,36,41H,4,7-10,13-19,22H2,1-2H3,(H,37,44)(H,38,45)/t23-,27-,30-/m0/s1. The monoisotopic (exact) mass is 633 g/mol. The van der Waals surface area contributed by atoms with Gasteiger partial charge in [-0.15, -0.1) is 0 Å². The molecule has 0 spiro atoms. The van der Waals surface area contributed by atoms with Crippen molar-refractivity contribution in [2.24, 2.45) is 0 Å². The SMILES string of the molecule is COc1c(N2CCCC2=O)cc(C(=O)N[C@@H](Cc2ccccc2)[C@@H](O)CN[C@@H](C)C(=O)NC2CCCCC2)cc1N1CCCC1=O. The van der Waals surface area contributed by atoms with E-state index in [9.17, 15) is 24.3 Å². The van der Waals surface area contributed by atoms with Crippen LogP contribution in [0.1, 0.15) is 80.6 Å². The van der Waals surface area contributed by atoms with Gasteiger partial charge in [0.15, 0.2) is 5.75 Å². The second-order valence-corrected chi connectivity index (χ2v) is 12.7. The lowest BCUT2D eigenvalue weighted by Crippen LogP contribution is -2.53. The van der Waals surface area contributed by atoms with Crippen LogP contribution in [0.2, 0.25) is 0 Å². The molecule has 4 amide bonds. The zero-order valence-corrected chi connectivity index (χ0v) is 26.9. The maximum atomic E-state index is 14.0. The summed E-state index contributed by atoms with van der Waals surface area (Å²) in [4.78, 5) is 55.6. The molecule has 2 aromatic rings. The largest absolute Gasteiger partial charge is 0.492 e. The van der Waals surface area contributed by atoms with Crippen LogP contribution in [0, 0.1) is 0 Å². The number of amides is 4. The number of aliphatic hydroxyl groups excluding tert-OH is 1. The van der Waals surface area contributed by atoms with E-state index in [2.05, 4.69) is 16.0 Å². The van der Waals surface area contributed by atoms with Gasteiger partial charge < -0.3 is 35.6 Å². The highest BCUT2D eigenvalue weighted by molar-refractivity contribution is 6.05. The van der Waals surface area contributed by atoms with Gasteiger partial charge in [-0.25, -0.2) is 0 Å². The van der Waals surface area contributed by atoms with Crippen LogP contribution in [0.5, 0.6) is 5.75 Å². The molecule has 1 aliphatic carbocycles. The van der Waals surface area contributed by atoms with Crippen LogP contribution in [0.25, 0.3) is 0 Å². The van der Waals surface area contributed by atoms with Crippen molar-refractivity contribution in [3.05, 3.63) is 53.6 Å². The Morgan fingerprint density at radius 1 is 0.935 bits per heavy atom. The molecule has 1 saturated carbocycles. The lowest BCUT2D eigenvalue weighted by atomic mass is 9.95. The van der Waals surface area contributed by atoms with Crippen LogP contribution in [0.3, 0.4) is 0 Å². The molecule has 3 fully saturated rings. The van der Waals surface area contributed by atoms with E-state index in [4.69, 9.17) is 4.74 Å². The first-order chi connectivity index (χ1) is 22.2. The fourth-order valence-electron chi connectivity index (χ4n) is 6.65. The highest BCUT2D eigenvalue weighted by atomic mass is 16.5. The highest BCUT2D eigenvalue weighted by Gasteiger charge is 2.33. The Kier molecular flexibility index (Phi) is 11.3. The van der Waals surface area contributed by atoms with E-state index in [1.807, 2.05) is 30.3 Å². The van der Waals surface area contributed by atoms with Gasteiger partial charge in [0.25, 0.3) is 5.91 Å². The van der Waals surface area contributed by atoms with E-state index in [0.717, 1.165) is 31.2 Å². The first kappa shape index (κ1) is 33.4. The number of rotatable bonds is 13. The number of ether oxygens (including phenoxy) is 1. The van der Waals surface area contributed by atoms with Crippen molar-refractivity contribution in [2.75, 3.05) is 36.5 Å². The quantitative estimate of drug-likeness (QED) is 0.266. The van der Waals surface area contributed by atoms with Crippen molar-refractivity contribution in [3.63, 3.8) is 0 Å². The molecule has 2 heterocycles. The Labute approximate surface area is 271 Å². The molecule has 0 unspecified atom stereocenters. The molecule has 0 radical (unpaired) electrons. The van der Waals surface area contributed by atoms with Gasteiger partial charge in [-0.3, -0.25) is 19.2 Å². The minimum absolute atomic E-state index is 0.0698. The van der Waals surface area contributed by atoms with Crippen molar-refractivity contribution in [3.8, 4) is 5.75 Å². The molecule has 248 valence electrons. The van der Waals surface area contributed by atoms with Gasteiger partial charge in [0.1, 0.15) is 0 Å². The number of carbonyl (C=O) groups excluding carboxylic acids is 4. The molecule has 2 aliphatic heterocycles. The summed E-state index contributed by atoms with van der Waals surface area (Å²) in [5, 5.41) is 20.7. The maximum Gasteiger partial charge on any atom is 0.251 e. The third-order valence-electron chi connectivity index (χ3n) is 9.30. The van der Waals surface area contributed by atoms with Gasteiger partial charge in [-0.1, -0.05) is 49.6 Å². The number of anilines is 2. The summed E-state index contributed by atoms with van der Waals surface area (Å²) >= 11 is 0. The van der Waals surface area contributed by atoms with Gasteiger partial charge in [0.05, 0.1) is 36.7 Å². The Hall–Kier alpha value is -3.96. The van der Waals surface area contributed by atoms with Crippen LogP contribution in [-0.2, 0) is 20.8 Å². The van der Waals surface area contributed by atoms with Crippen molar-refractivity contribution in [2.45, 2.75) is 95.4 Å². The third-order valence-corrected chi connectivity index (χ3v) is 9.30. The Morgan fingerprint density at radius 2 is 1.54 bits per heavy atom. The fourth-order valence-corrected chi connectivity index (χ4v) is 6.65. The lowest BCUT2D eigenvalue weighted by Gasteiger charge is -2.28. The van der Waals surface area contributed by atoms with Gasteiger partial charge in [-0.05, 0) is 56.7 Å². The Morgan fingerprint density at radius 3 is 2.09 bits per heavy atom. The first-order valence-corrected chi connectivity index (χ1v) is 16.6. The minimum atomic E-state index is -1.02. The molecule has 46 heavy (non-hydrogen) atoms. The number of benzene rings is 2. The number of methoxy groups -OCH3 is 1. The van der Waals surface area contributed by atoms with Crippen LogP contribution in [0.4, 0.5) is 11.4 Å². The zero-order valence-electron chi connectivity index (χ0n) is 26.9. The maximum absolute atomic E-state index is 14.0. The molecular formula is C35H47N5O6. The molecular weight excluding hydrogens is 586 g/mol. The van der Waals surface area contributed by atoms with Crippen LogP contribution < -0.4 is 30.5 Å². The zero-order chi connectivity index (χ0) is 32.6. The molecule has 2 aromatic carbocycles. The van der Waals surface area contributed by atoms with E-state index < -0.39 is 24.1 Å². The molecule has 0 aromatic heterocycles. The van der Waals surface area contributed by atoms with Gasteiger partial charge in [-0.2, -0.15) is 0 Å². The third kappa shape index (κ3) is 8.06. The van der Waals surface area contributed by atoms with Crippen molar-refractivity contribution in [1.29, 1.82) is 0 Å². The summed E-state index contributed by atoms with van der Waals surface area (Å²) < 4.78 is 5.75. The normalized spacial score (nSPS) is 19.2. The topological polar surface area (TPSA) is 140 Å². The minimum Gasteiger partial charge on any atom is -0.492 e. The summed E-state index contributed by atoms with van der Waals surface area (Å²) in [6.07, 6.45) is 6.90. The second kappa shape index (κ2) is 15.6. The summed E-state index contributed by atoms with van der Waals surface area (Å²) in [6, 6.07) is 11.8. The van der Waals surface area contributed by atoms with E-state index in [0.29, 0.717) is 62.3 Å². The molecule has 2 saturated heterocycles. The second-order valence-electron chi connectivity index (χ2n) is 12.7. The lowest BCUT2D eigenvalue weighted by molar-refractivity contribution is -0.124. The van der Waals surface area contributed by atoms with E-state index >= 15 is 0 Å². The van der Waals surface area contributed by atoms with Crippen LogP contribution in [0.15, 0.2) is 42.5 Å². The van der Waals surface area contributed by atoms with Crippen LogP contribution in [-0.4, -0.2) is 79.7 Å². The van der Waals surface area contributed by atoms with E-state index in [-0.39, 0.29) is 35.9 Å². The smallest absolute Gasteiger partial charge is 0.251 e. The number of nitrogens with zero attached hydrogens (tertiary/aromatic N) is 2. The molecule has 5 rings (SSSR count).